The third kappa shape index (κ3) is 7.06. The first-order valence-corrected chi connectivity index (χ1v) is 15.1. The maximum absolute atomic E-state index is 14.0. The van der Waals surface area contributed by atoms with Crippen molar-refractivity contribution < 1.29 is 23.1 Å². The number of hydrogen-bond acceptors (Lipinski definition) is 5. The zero-order valence-electron chi connectivity index (χ0n) is 24.7. The minimum atomic E-state index is -1.52. The first kappa shape index (κ1) is 32.1. The number of likely N-dealkylation sites (N-methyl/N-ethyl adjacent to an activating group) is 1. The number of β-amino-alcohol motifs (C(OH)–C–C–N with tert-alkyl or cyclic N) is 1. The van der Waals surface area contributed by atoms with Crippen LogP contribution in [0.1, 0.15) is 54.7 Å². The Morgan fingerprint density at radius 2 is 1.40 bits per heavy atom. The van der Waals surface area contributed by atoms with E-state index in [1.54, 1.807) is 11.9 Å². The highest BCUT2D eigenvalue weighted by Gasteiger charge is 2.52. The van der Waals surface area contributed by atoms with Gasteiger partial charge in [0.2, 0.25) is 0 Å². The van der Waals surface area contributed by atoms with Gasteiger partial charge in [-0.2, -0.15) is 0 Å². The predicted molar refractivity (Wildman–Crippen MR) is 166 cm³/mol. The maximum Gasteiger partial charge on any atom is 0.265 e. The van der Waals surface area contributed by atoms with Crippen LogP contribution in [0.4, 0.5) is 13.2 Å². The monoisotopic (exact) mass is 607 g/mol. The number of carbonyl (C=O) groups excluding carboxylic acids is 1. The van der Waals surface area contributed by atoms with Crippen LogP contribution >= 0.6 is 11.3 Å². The van der Waals surface area contributed by atoms with E-state index in [0.717, 1.165) is 11.3 Å². The molecule has 0 saturated heterocycles. The molecule has 1 amide bonds. The van der Waals surface area contributed by atoms with E-state index in [-0.39, 0.29) is 18.3 Å². The number of hydrogen-bond donors (Lipinski definition) is 1. The van der Waals surface area contributed by atoms with Crippen molar-refractivity contribution in [2.45, 2.75) is 44.9 Å². The van der Waals surface area contributed by atoms with Crippen molar-refractivity contribution in [3.8, 4) is 0 Å². The average Bonchev–Trinajstić information content (AvgIpc) is 3.65. The highest BCUT2D eigenvalue weighted by atomic mass is 32.1. The largest absolute Gasteiger partial charge is 0.376 e. The fraction of sp³-hybridized carbons (Fsp3) is 0.294. The first-order valence-electron chi connectivity index (χ1n) is 14.2. The molecule has 1 aliphatic heterocycles. The molecule has 1 aromatic heterocycles. The van der Waals surface area contributed by atoms with Crippen LogP contribution in [-0.4, -0.2) is 53.0 Å². The highest BCUT2D eigenvalue weighted by molar-refractivity contribution is 7.12. The van der Waals surface area contributed by atoms with Gasteiger partial charge in [0.1, 0.15) is 29.5 Å². The number of halogens is 3. The van der Waals surface area contributed by atoms with Gasteiger partial charge in [-0.25, -0.2) is 18.2 Å². The Morgan fingerprint density at radius 1 is 0.884 bits per heavy atom. The van der Waals surface area contributed by atoms with Gasteiger partial charge in [0.05, 0.1) is 11.4 Å². The normalized spacial score (nSPS) is 15.6. The van der Waals surface area contributed by atoms with Crippen LogP contribution in [0.3, 0.4) is 0 Å². The third-order valence-corrected chi connectivity index (χ3v) is 8.62. The molecule has 43 heavy (non-hydrogen) atoms. The minimum Gasteiger partial charge on any atom is -0.376 e. The van der Waals surface area contributed by atoms with Gasteiger partial charge in [-0.05, 0) is 90.5 Å². The van der Waals surface area contributed by atoms with Crippen LogP contribution in [0.2, 0.25) is 0 Å². The number of thiophene rings is 1. The molecule has 3 aromatic carbocycles. The smallest absolute Gasteiger partial charge is 0.265 e. The fourth-order valence-corrected chi connectivity index (χ4v) is 5.51. The quantitative estimate of drug-likeness (QED) is 0.205. The van der Waals surface area contributed by atoms with Crippen molar-refractivity contribution in [1.82, 2.24) is 9.80 Å². The Morgan fingerprint density at radius 3 is 1.84 bits per heavy atom. The second-order valence-corrected chi connectivity index (χ2v) is 11.4. The summed E-state index contributed by atoms with van der Waals surface area (Å²) in [4.78, 5) is 22.9. The molecule has 1 N–H and O–H groups in total. The molecule has 2 heterocycles. The predicted octanol–water partition coefficient (Wildman–Crippen LogP) is 7.17. The van der Waals surface area contributed by atoms with Gasteiger partial charge in [0, 0.05) is 0 Å². The summed E-state index contributed by atoms with van der Waals surface area (Å²) in [5.41, 5.74) is 0.621. The Kier molecular flexibility index (Phi) is 10.6. The lowest BCUT2D eigenvalue weighted by Gasteiger charge is -2.30. The van der Waals surface area contributed by atoms with Gasteiger partial charge in [-0.1, -0.05) is 63.2 Å². The minimum absolute atomic E-state index is 0.00401. The van der Waals surface area contributed by atoms with E-state index in [9.17, 15) is 23.1 Å². The molecule has 5 rings (SSSR count). The molecule has 4 aromatic rings. The van der Waals surface area contributed by atoms with E-state index in [0.29, 0.717) is 29.4 Å². The molecule has 5 nitrogen and oxygen atoms in total. The van der Waals surface area contributed by atoms with Crippen LogP contribution in [0.25, 0.3) is 0 Å². The van der Waals surface area contributed by atoms with Gasteiger partial charge in [0.15, 0.2) is 5.54 Å². The molecular weight excluding hydrogens is 571 g/mol. The SMILES string of the molecule is CCC(C)c1ccc(F)cc1.CCN(C)C(O)CN1C(=O)C(c2ccc(F)cc2)(c2ccc(F)cc2)N=C1c1cccs1. The number of rotatable bonds is 9. The second kappa shape index (κ2) is 14.1. The van der Waals surface area contributed by atoms with Crippen molar-refractivity contribution in [3.63, 3.8) is 0 Å². The molecule has 9 heteroatoms. The highest BCUT2D eigenvalue weighted by Crippen LogP contribution is 2.42. The summed E-state index contributed by atoms with van der Waals surface area (Å²) >= 11 is 1.42. The van der Waals surface area contributed by atoms with Crippen LogP contribution in [-0.2, 0) is 10.3 Å². The molecule has 0 saturated carbocycles. The fourth-order valence-electron chi connectivity index (χ4n) is 4.79. The van der Waals surface area contributed by atoms with E-state index in [2.05, 4.69) is 13.8 Å². The molecule has 1 aliphatic rings. The summed E-state index contributed by atoms with van der Waals surface area (Å²) in [7, 11) is 1.76. The summed E-state index contributed by atoms with van der Waals surface area (Å²) in [5, 5.41) is 12.6. The van der Waals surface area contributed by atoms with Crippen molar-refractivity contribution in [1.29, 1.82) is 0 Å². The Hall–Kier alpha value is -3.79. The molecule has 2 atom stereocenters. The maximum atomic E-state index is 14.0. The third-order valence-electron chi connectivity index (χ3n) is 7.75. The van der Waals surface area contributed by atoms with E-state index in [4.69, 9.17) is 4.99 Å². The van der Waals surface area contributed by atoms with Gasteiger partial charge in [-0.15, -0.1) is 11.3 Å². The van der Waals surface area contributed by atoms with Crippen LogP contribution < -0.4 is 0 Å². The van der Waals surface area contributed by atoms with Crippen molar-refractivity contribution in [3.05, 3.63) is 129 Å². The summed E-state index contributed by atoms with van der Waals surface area (Å²) in [6.45, 7) is 6.78. The van der Waals surface area contributed by atoms with Crippen molar-refractivity contribution >= 4 is 23.1 Å². The molecule has 2 unspecified atom stereocenters. The van der Waals surface area contributed by atoms with E-state index >= 15 is 0 Å². The van der Waals surface area contributed by atoms with E-state index < -0.39 is 23.4 Å². The number of aliphatic imine (C=N–C) groups is 1. The lowest BCUT2D eigenvalue weighted by molar-refractivity contribution is -0.132. The number of amidine groups is 1. The van der Waals surface area contributed by atoms with Gasteiger partial charge < -0.3 is 5.11 Å². The number of aliphatic hydroxyl groups is 1. The molecule has 0 bridgehead atoms. The number of benzene rings is 3. The zero-order chi connectivity index (χ0) is 31.1. The summed E-state index contributed by atoms with van der Waals surface area (Å²) in [6.07, 6.45) is 0.192. The zero-order valence-corrected chi connectivity index (χ0v) is 25.5. The average molecular weight is 608 g/mol. The van der Waals surface area contributed by atoms with Crippen molar-refractivity contribution in [2.75, 3.05) is 20.1 Å². The Labute approximate surface area is 254 Å². The first-order chi connectivity index (χ1) is 20.6. The Bertz CT molecular complexity index is 1460. The summed E-state index contributed by atoms with van der Waals surface area (Å²) < 4.78 is 39.9. The number of aliphatic hydroxyl groups excluding tert-OH is 1. The van der Waals surface area contributed by atoms with Gasteiger partial charge in [0.25, 0.3) is 5.91 Å². The van der Waals surface area contributed by atoms with Crippen LogP contribution in [0, 0.1) is 17.5 Å². The van der Waals surface area contributed by atoms with E-state index in [1.807, 2.05) is 36.6 Å². The topological polar surface area (TPSA) is 56.1 Å². The lowest BCUT2D eigenvalue weighted by atomic mass is 9.83. The second-order valence-electron chi connectivity index (χ2n) is 10.5. The standard InChI is InChI=1S/C24H23F2N3O2S.C10H13F/c1-3-28(2)21(30)15-29-22(20-5-4-14-32-20)27-24(23(29)31,16-6-10-18(25)11-7-16)17-8-12-19(26)13-9-17;1-3-8(2)9-4-6-10(11)7-5-9/h4-14,21,30H,3,15H2,1-2H3;4-8H,3H2,1-2H3. The molecule has 226 valence electrons. The van der Waals surface area contributed by atoms with Gasteiger partial charge >= 0.3 is 0 Å². The molecule has 0 fully saturated rings. The number of amides is 1. The Balaban J connectivity index is 0.000000324. The number of nitrogens with zero attached hydrogens (tertiary/aromatic N) is 3. The summed E-state index contributed by atoms with van der Waals surface area (Å²) in [6, 6.07) is 21.6. The van der Waals surface area contributed by atoms with Gasteiger partial charge in [-0.3, -0.25) is 14.6 Å². The molecule has 0 aliphatic carbocycles. The van der Waals surface area contributed by atoms with E-state index in [1.165, 1.54) is 82.5 Å². The molecular formula is C34H36F3N3O2S. The lowest BCUT2D eigenvalue weighted by Crippen LogP contribution is -2.48. The number of carbonyl (C=O) groups is 1. The van der Waals surface area contributed by atoms with Crippen molar-refractivity contribution in [2.24, 2.45) is 4.99 Å². The summed E-state index contributed by atoms with van der Waals surface area (Å²) in [5.74, 6) is -0.460. The van der Waals surface area contributed by atoms with Crippen LogP contribution in [0.15, 0.2) is 95.3 Å². The molecule has 0 radical (unpaired) electrons. The molecule has 0 spiro atoms. The van der Waals surface area contributed by atoms with Crippen LogP contribution in [0.5, 0.6) is 0 Å².